The Hall–Kier alpha value is -1.63. The topological polar surface area (TPSA) is 105 Å². The number of carboxylic acids is 1. The van der Waals surface area contributed by atoms with Crippen LogP contribution in [-0.2, 0) is 19.1 Å². The largest absolute Gasteiger partial charge is 0.480 e. The fourth-order valence-corrected chi connectivity index (χ4v) is 1.25. The average molecular weight is 260 g/mol. The predicted molar refractivity (Wildman–Crippen MR) is 63.9 cm³/mol. The van der Waals surface area contributed by atoms with E-state index >= 15 is 0 Å². The molecular weight excluding hydrogens is 240 g/mol. The van der Waals surface area contributed by atoms with Crippen LogP contribution in [0.5, 0.6) is 0 Å². The van der Waals surface area contributed by atoms with Crippen molar-refractivity contribution in [3.05, 3.63) is 0 Å². The molecule has 18 heavy (non-hydrogen) atoms. The quantitative estimate of drug-likeness (QED) is 0.565. The first-order valence-corrected chi connectivity index (χ1v) is 5.61. The van der Waals surface area contributed by atoms with Gasteiger partial charge in [0.05, 0.1) is 0 Å². The first-order chi connectivity index (χ1) is 8.29. The number of hydrogen-bond donors (Lipinski definition) is 3. The molecule has 0 aromatic carbocycles. The summed E-state index contributed by atoms with van der Waals surface area (Å²) >= 11 is 0. The van der Waals surface area contributed by atoms with E-state index in [1.54, 1.807) is 13.8 Å². The molecule has 2 atom stereocenters. The summed E-state index contributed by atoms with van der Waals surface area (Å²) in [5.41, 5.74) is 0. The maximum atomic E-state index is 11.8. The highest BCUT2D eigenvalue weighted by Crippen LogP contribution is 2.02. The number of aliphatic carboxylic acids is 1. The number of carbonyl (C=O) groups is 3. The SMILES string of the molecule is COCC(=O)N[C@H](C(=O)NC(C)C(=O)O)C(C)C. The third-order valence-corrected chi connectivity index (χ3v) is 2.27. The van der Waals surface area contributed by atoms with Crippen molar-refractivity contribution in [2.45, 2.75) is 32.9 Å². The van der Waals surface area contributed by atoms with Gasteiger partial charge in [-0.25, -0.2) is 0 Å². The van der Waals surface area contributed by atoms with E-state index < -0.39 is 29.9 Å². The molecule has 0 spiro atoms. The Morgan fingerprint density at radius 3 is 2.11 bits per heavy atom. The lowest BCUT2D eigenvalue weighted by atomic mass is 10.0. The summed E-state index contributed by atoms with van der Waals surface area (Å²) in [5.74, 6) is -2.24. The van der Waals surface area contributed by atoms with Crippen LogP contribution in [0.25, 0.3) is 0 Å². The van der Waals surface area contributed by atoms with Gasteiger partial charge < -0.3 is 20.5 Å². The molecule has 0 heterocycles. The number of nitrogens with one attached hydrogen (secondary N) is 2. The monoisotopic (exact) mass is 260 g/mol. The number of ether oxygens (including phenoxy) is 1. The number of methoxy groups -OCH3 is 1. The molecule has 0 aromatic heterocycles. The van der Waals surface area contributed by atoms with Gasteiger partial charge in [-0.05, 0) is 12.8 Å². The second-order valence-corrected chi connectivity index (χ2v) is 4.29. The highest BCUT2D eigenvalue weighted by molar-refractivity contribution is 5.90. The van der Waals surface area contributed by atoms with Crippen LogP contribution in [0.1, 0.15) is 20.8 Å². The molecule has 0 aliphatic carbocycles. The van der Waals surface area contributed by atoms with Crippen LogP contribution in [0.2, 0.25) is 0 Å². The van der Waals surface area contributed by atoms with Crippen molar-refractivity contribution in [1.29, 1.82) is 0 Å². The zero-order valence-corrected chi connectivity index (χ0v) is 11.0. The van der Waals surface area contributed by atoms with Crippen molar-refractivity contribution in [2.24, 2.45) is 5.92 Å². The molecule has 7 heteroatoms. The van der Waals surface area contributed by atoms with Gasteiger partial charge in [0, 0.05) is 7.11 Å². The summed E-state index contributed by atoms with van der Waals surface area (Å²) in [7, 11) is 1.37. The third-order valence-electron chi connectivity index (χ3n) is 2.27. The standard InChI is InChI=1S/C11H20N2O5/c1-6(2)9(13-8(14)5-18-4)10(15)12-7(3)11(16)17/h6-7,9H,5H2,1-4H3,(H,12,15)(H,13,14)(H,16,17)/t7?,9-/m0/s1. The van der Waals surface area contributed by atoms with Crippen molar-refractivity contribution >= 4 is 17.8 Å². The Morgan fingerprint density at radius 1 is 1.17 bits per heavy atom. The van der Waals surface area contributed by atoms with Crippen LogP contribution in [0.3, 0.4) is 0 Å². The maximum absolute atomic E-state index is 11.8. The molecule has 104 valence electrons. The van der Waals surface area contributed by atoms with E-state index in [-0.39, 0.29) is 12.5 Å². The van der Waals surface area contributed by atoms with E-state index in [1.165, 1.54) is 14.0 Å². The van der Waals surface area contributed by atoms with Crippen LogP contribution >= 0.6 is 0 Å². The molecule has 0 aliphatic heterocycles. The Kier molecular flexibility index (Phi) is 6.96. The van der Waals surface area contributed by atoms with E-state index in [0.717, 1.165) is 0 Å². The summed E-state index contributed by atoms with van der Waals surface area (Å²) in [5, 5.41) is 13.5. The molecule has 1 unspecified atom stereocenters. The second-order valence-electron chi connectivity index (χ2n) is 4.29. The first-order valence-electron chi connectivity index (χ1n) is 5.61. The molecule has 0 radical (unpaired) electrons. The van der Waals surface area contributed by atoms with E-state index in [1.807, 2.05) is 0 Å². The lowest BCUT2D eigenvalue weighted by molar-refractivity contribution is -0.142. The number of carboxylic acid groups (broad SMARTS) is 1. The minimum Gasteiger partial charge on any atom is -0.480 e. The van der Waals surface area contributed by atoms with Crippen molar-refractivity contribution in [3.63, 3.8) is 0 Å². The zero-order chi connectivity index (χ0) is 14.3. The average Bonchev–Trinajstić information content (AvgIpc) is 2.25. The molecule has 7 nitrogen and oxygen atoms in total. The second kappa shape index (κ2) is 7.65. The highest BCUT2D eigenvalue weighted by Gasteiger charge is 2.26. The van der Waals surface area contributed by atoms with Crippen molar-refractivity contribution in [3.8, 4) is 0 Å². The van der Waals surface area contributed by atoms with Gasteiger partial charge in [-0.1, -0.05) is 13.8 Å². The summed E-state index contributed by atoms with van der Waals surface area (Å²) < 4.78 is 4.65. The molecule has 0 saturated carbocycles. The van der Waals surface area contributed by atoms with Crippen molar-refractivity contribution in [1.82, 2.24) is 10.6 Å². The minimum absolute atomic E-state index is 0.148. The van der Waals surface area contributed by atoms with Gasteiger partial charge in [-0.3, -0.25) is 14.4 Å². The van der Waals surface area contributed by atoms with Gasteiger partial charge in [-0.15, -0.1) is 0 Å². The zero-order valence-electron chi connectivity index (χ0n) is 11.0. The van der Waals surface area contributed by atoms with Crippen LogP contribution < -0.4 is 10.6 Å². The van der Waals surface area contributed by atoms with Crippen LogP contribution in [0.4, 0.5) is 0 Å². The Balaban J connectivity index is 4.55. The summed E-state index contributed by atoms with van der Waals surface area (Å²) in [4.78, 5) is 33.8. The molecule has 0 aromatic rings. The van der Waals surface area contributed by atoms with E-state index in [2.05, 4.69) is 15.4 Å². The van der Waals surface area contributed by atoms with E-state index in [4.69, 9.17) is 5.11 Å². The molecule has 0 aliphatic rings. The number of hydrogen-bond acceptors (Lipinski definition) is 4. The van der Waals surface area contributed by atoms with Gasteiger partial charge >= 0.3 is 5.97 Å². The Bertz CT molecular complexity index is 317. The number of carbonyl (C=O) groups excluding carboxylic acids is 2. The summed E-state index contributed by atoms with van der Waals surface area (Å²) in [6, 6.07) is -1.78. The number of amides is 2. The van der Waals surface area contributed by atoms with Crippen LogP contribution in [0.15, 0.2) is 0 Å². The molecule has 2 amide bonds. The van der Waals surface area contributed by atoms with Crippen LogP contribution in [0, 0.1) is 5.92 Å². The van der Waals surface area contributed by atoms with Gasteiger partial charge in [0.2, 0.25) is 11.8 Å². The van der Waals surface area contributed by atoms with Crippen LogP contribution in [-0.4, -0.2) is 48.7 Å². The third kappa shape index (κ3) is 5.62. The predicted octanol–water partition coefficient (Wildman–Crippen LogP) is -0.637. The molecule has 0 bridgehead atoms. The Labute approximate surface area is 106 Å². The summed E-state index contributed by atoms with van der Waals surface area (Å²) in [6.07, 6.45) is 0. The normalized spacial score (nSPS) is 13.8. The molecule has 0 saturated heterocycles. The van der Waals surface area contributed by atoms with Gasteiger partial charge in [0.15, 0.2) is 0 Å². The highest BCUT2D eigenvalue weighted by atomic mass is 16.5. The smallest absolute Gasteiger partial charge is 0.325 e. The molecule has 3 N–H and O–H groups in total. The van der Waals surface area contributed by atoms with E-state index in [9.17, 15) is 14.4 Å². The van der Waals surface area contributed by atoms with Crippen molar-refractivity contribution < 1.29 is 24.2 Å². The minimum atomic E-state index is -1.13. The fraction of sp³-hybridized carbons (Fsp3) is 0.727. The molecular formula is C11H20N2O5. The van der Waals surface area contributed by atoms with Crippen molar-refractivity contribution in [2.75, 3.05) is 13.7 Å². The Morgan fingerprint density at radius 2 is 1.72 bits per heavy atom. The molecule has 0 fully saturated rings. The van der Waals surface area contributed by atoms with Gasteiger partial charge in [0.25, 0.3) is 0 Å². The molecule has 0 rings (SSSR count). The maximum Gasteiger partial charge on any atom is 0.325 e. The fourth-order valence-electron chi connectivity index (χ4n) is 1.25. The lowest BCUT2D eigenvalue weighted by Crippen LogP contribution is -2.53. The lowest BCUT2D eigenvalue weighted by Gasteiger charge is -2.22. The van der Waals surface area contributed by atoms with Gasteiger partial charge in [0.1, 0.15) is 18.7 Å². The summed E-state index contributed by atoms with van der Waals surface area (Å²) in [6.45, 7) is 4.71. The van der Waals surface area contributed by atoms with Gasteiger partial charge in [-0.2, -0.15) is 0 Å². The van der Waals surface area contributed by atoms with E-state index in [0.29, 0.717) is 0 Å². The number of rotatable bonds is 7. The first kappa shape index (κ1) is 16.4.